The van der Waals surface area contributed by atoms with Crippen LogP contribution in [-0.2, 0) is 61.6 Å². The monoisotopic (exact) mass is 774 g/mol. The number of carbonyl (C=O) groups excluding carboxylic acids is 1. The molecule has 0 unspecified atom stereocenters. The maximum atomic E-state index is 10.9. The third-order valence-electron chi connectivity index (χ3n) is 7.46. The van der Waals surface area contributed by atoms with Crippen molar-refractivity contribution < 1.29 is 61.6 Å². The fourth-order valence-corrected chi connectivity index (χ4v) is 4.54. The highest BCUT2D eigenvalue weighted by Crippen LogP contribution is 2.06. The molecule has 0 aromatic rings. The van der Waals surface area contributed by atoms with Gasteiger partial charge < -0.3 is 76.4 Å². The van der Waals surface area contributed by atoms with Crippen molar-refractivity contribution in [1.82, 2.24) is 19.6 Å². The molecule has 0 spiro atoms. The molecule has 2 heterocycles. The molecule has 0 aliphatic carbocycles. The Balaban J connectivity index is 1.18. The van der Waals surface area contributed by atoms with E-state index < -0.39 is 5.97 Å². The first-order chi connectivity index (χ1) is 26.7. The van der Waals surface area contributed by atoms with Crippen molar-refractivity contribution >= 4 is 5.97 Å². The lowest BCUT2D eigenvalue weighted by Gasteiger charge is -2.21. The zero-order valence-corrected chi connectivity index (χ0v) is 32.3. The highest BCUT2D eigenvalue weighted by atomic mass is 16.6. The molecule has 0 aromatic heterocycles. The normalized spacial score (nSPS) is 13.9. The molecular formula is C37H66N4O13. The van der Waals surface area contributed by atoms with Crippen LogP contribution in [0.3, 0.4) is 0 Å². The van der Waals surface area contributed by atoms with E-state index in [2.05, 4.69) is 40.3 Å². The Kier molecular flexibility index (Phi) is 31.4. The molecule has 17 nitrogen and oxygen atoms in total. The van der Waals surface area contributed by atoms with Gasteiger partial charge in [-0.15, -0.1) is 0 Å². The summed E-state index contributed by atoms with van der Waals surface area (Å²) in [4.78, 5) is 19.5. The van der Waals surface area contributed by atoms with Crippen molar-refractivity contribution in [2.45, 2.75) is 0 Å². The molecule has 0 saturated carbocycles. The molecule has 0 saturated heterocycles. The summed E-state index contributed by atoms with van der Waals surface area (Å²) in [6.45, 7) is 22.9. The second-order valence-corrected chi connectivity index (χ2v) is 11.6. The van der Waals surface area contributed by atoms with E-state index in [1.165, 1.54) is 0 Å². The van der Waals surface area contributed by atoms with Crippen molar-refractivity contribution in [2.75, 3.05) is 185 Å². The summed E-state index contributed by atoms with van der Waals surface area (Å²) in [5.41, 5.74) is 0. The molecule has 2 rings (SSSR count). The van der Waals surface area contributed by atoms with Crippen LogP contribution in [0.25, 0.3) is 0 Å². The number of hydrogen-bond acceptors (Lipinski definition) is 17. The minimum atomic E-state index is -0.457. The van der Waals surface area contributed by atoms with Gasteiger partial charge in [-0.05, 0) is 6.20 Å². The molecule has 0 amide bonds. The largest absolute Gasteiger partial charge is 0.460 e. The van der Waals surface area contributed by atoms with Gasteiger partial charge in [0, 0.05) is 50.5 Å². The third-order valence-corrected chi connectivity index (χ3v) is 7.46. The van der Waals surface area contributed by atoms with E-state index in [4.69, 9.17) is 56.8 Å². The summed E-state index contributed by atoms with van der Waals surface area (Å²) < 4.78 is 65.7. The van der Waals surface area contributed by atoms with Gasteiger partial charge in [0.05, 0.1) is 159 Å². The highest BCUT2D eigenvalue weighted by Gasteiger charge is 2.12. The van der Waals surface area contributed by atoms with Crippen LogP contribution in [0.1, 0.15) is 0 Å². The molecule has 54 heavy (non-hydrogen) atoms. The lowest BCUT2D eigenvalue weighted by molar-refractivity contribution is -0.139. The summed E-state index contributed by atoms with van der Waals surface area (Å²) in [5.74, 6) is -0.457. The summed E-state index contributed by atoms with van der Waals surface area (Å²) in [6, 6.07) is 0. The Hall–Kier alpha value is -2.81. The van der Waals surface area contributed by atoms with Gasteiger partial charge in [0.2, 0.25) is 0 Å². The number of ether oxygens (including phenoxy) is 12. The fraction of sp³-hybridized carbons (Fsp3) is 0.757. The lowest BCUT2D eigenvalue weighted by Crippen LogP contribution is -2.30. The Morgan fingerprint density at radius 3 is 0.981 bits per heavy atom. The van der Waals surface area contributed by atoms with E-state index >= 15 is 0 Å². The zero-order valence-electron chi connectivity index (χ0n) is 32.3. The quantitative estimate of drug-likeness (QED) is 0.0498. The molecule has 0 aromatic carbocycles. The fourth-order valence-electron chi connectivity index (χ4n) is 4.54. The molecule has 0 fully saturated rings. The van der Waals surface area contributed by atoms with Gasteiger partial charge >= 0.3 is 5.97 Å². The predicted molar refractivity (Wildman–Crippen MR) is 200 cm³/mol. The number of esters is 1. The van der Waals surface area contributed by atoms with Crippen LogP contribution >= 0.6 is 0 Å². The van der Waals surface area contributed by atoms with Crippen LogP contribution in [0, 0.1) is 0 Å². The minimum Gasteiger partial charge on any atom is -0.460 e. The second kappa shape index (κ2) is 35.9. The van der Waals surface area contributed by atoms with Crippen molar-refractivity contribution in [3.05, 3.63) is 50.2 Å². The first-order valence-corrected chi connectivity index (χ1v) is 18.8. The molecule has 2 aliphatic heterocycles. The van der Waals surface area contributed by atoms with Crippen molar-refractivity contribution in [3.8, 4) is 0 Å². The average molecular weight is 775 g/mol. The standard InChI is InChI=1S/C37H66N4O13/c1-3-37(42)54-34-33-53-32-31-52-30-29-51-26-23-48-20-17-45-14-11-41-8-7-40(36-41)10-13-44-16-19-47-22-25-50-28-27-49-24-21-46-18-15-43-12-9-39-6-5-38(4-2)35-39/h3-8H,1-2,9-36H2. The number of hydrogen-bond donors (Lipinski definition) is 0. The van der Waals surface area contributed by atoms with Gasteiger partial charge in [-0.1, -0.05) is 13.2 Å². The van der Waals surface area contributed by atoms with E-state index in [0.29, 0.717) is 145 Å². The smallest absolute Gasteiger partial charge is 0.330 e. The average Bonchev–Trinajstić information content (AvgIpc) is 3.86. The first kappa shape index (κ1) is 47.3. The zero-order chi connectivity index (χ0) is 38.4. The van der Waals surface area contributed by atoms with E-state index in [-0.39, 0.29) is 6.61 Å². The predicted octanol–water partition coefficient (Wildman–Crippen LogP) is 1.13. The minimum absolute atomic E-state index is 0.200. The first-order valence-electron chi connectivity index (χ1n) is 18.8. The van der Waals surface area contributed by atoms with Crippen LogP contribution in [-0.4, -0.2) is 210 Å². The molecule has 312 valence electrons. The van der Waals surface area contributed by atoms with Gasteiger partial charge in [-0.3, -0.25) is 0 Å². The van der Waals surface area contributed by atoms with Gasteiger partial charge in [-0.2, -0.15) is 0 Å². The molecule has 0 atom stereocenters. The Bertz CT molecular complexity index is 965. The molecule has 0 N–H and O–H groups in total. The van der Waals surface area contributed by atoms with E-state index in [1.54, 1.807) is 6.20 Å². The molecule has 0 radical (unpaired) electrons. The highest BCUT2D eigenvalue weighted by molar-refractivity contribution is 5.81. The number of rotatable bonds is 41. The van der Waals surface area contributed by atoms with Gasteiger partial charge in [0.1, 0.15) is 6.61 Å². The summed E-state index contributed by atoms with van der Waals surface area (Å²) >= 11 is 0. The Labute approximate surface area is 322 Å². The van der Waals surface area contributed by atoms with Gasteiger partial charge in [0.25, 0.3) is 0 Å². The molecule has 17 heteroatoms. The van der Waals surface area contributed by atoms with Gasteiger partial charge in [0.15, 0.2) is 0 Å². The van der Waals surface area contributed by atoms with Crippen LogP contribution < -0.4 is 0 Å². The van der Waals surface area contributed by atoms with Crippen LogP contribution in [0.15, 0.2) is 50.2 Å². The van der Waals surface area contributed by atoms with E-state index in [0.717, 1.165) is 39.0 Å². The second-order valence-electron chi connectivity index (χ2n) is 11.6. The van der Waals surface area contributed by atoms with Crippen LogP contribution in [0.2, 0.25) is 0 Å². The lowest BCUT2D eigenvalue weighted by atomic mass is 10.6. The third kappa shape index (κ3) is 28.6. The Morgan fingerprint density at radius 2 is 0.685 bits per heavy atom. The van der Waals surface area contributed by atoms with Crippen molar-refractivity contribution in [1.29, 1.82) is 0 Å². The SMILES string of the molecule is C=CC(=O)OCCOCCOCCOCCOCCOCCN1C=CN(CCOCCOCCOCCOCCOCCOCCN2C=CN(C=C)C2)C1. The summed E-state index contributed by atoms with van der Waals surface area (Å²) in [7, 11) is 0. The maximum absolute atomic E-state index is 10.9. The van der Waals surface area contributed by atoms with Crippen LogP contribution in [0.5, 0.6) is 0 Å². The number of carbonyl (C=O) groups is 1. The summed E-state index contributed by atoms with van der Waals surface area (Å²) in [6.07, 6.45) is 11.1. The molecular weight excluding hydrogens is 708 g/mol. The molecule has 2 aliphatic rings. The van der Waals surface area contributed by atoms with Crippen molar-refractivity contribution in [2.24, 2.45) is 0 Å². The van der Waals surface area contributed by atoms with Crippen LogP contribution in [0.4, 0.5) is 0 Å². The Morgan fingerprint density at radius 1 is 0.407 bits per heavy atom. The van der Waals surface area contributed by atoms with Crippen molar-refractivity contribution in [3.63, 3.8) is 0 Å². The number of nitrogens with zero attached hydrogens (tertiary/aromatic N) is 4. The van der Waals surface area contributed by atoms with E-state index in [1.807, 2.05) is 17.3 Å². The summed E-state index contributed by atoms with van der Waals surface area (Å²) in [5, 5.41) is 0. The maximum Gasteiger partial charge on any atom is 0.330 e. The van der Waals surface area contributed by atoms with Gasteiger partial charge in [-0.25, -0.2) is 4.79 Å². The topological polar surface area (TPSA) is 141 Å². The van der Waals surface area contributed by atoms with E-state index in [9.17, 15) is 4.79 Å². The molecule has 0 bridgehead atoms.